The van der Waals surface area contributed by atoms with Gasteiger partial charge in [0.15, 0.2) is 0 Å². The first-order valence-electron chi connectivity index (χ1n) is 5.52. The highest BCUT2D eigenvalue weighted by atomic mass is 35.5. The summed E-state index contributed by atoms with van der Waals surface area (Å²) in [6, 6.07) is 0.114. The lowest BCUT2D eigenvalue weighted by atomic mass is 10.2. The quantitative estimate of drug-likeness (QED) is 0.898. The van der Waals surface area contributed by atoms with Crippen LogP contribution in [0, 0.1) is 0 Å². The predicted molar refractivity (Wildman–Crippen MR) is 66.0 cm³/mol. The Balaban J connectivity index is 2.83. The van der Waals surface area contributed by atoms with Crippen LogP contribution in [-0.2, 0) is 11.0 Å². The SMILES string of the molecule is CCNC(=O)[C@@H](C)Nc1ncc(C(F)(F)F)cc1Cl. The number of amides is 1. The van der Waals surface area contributed by atoms with Crippen LogP contribution in [-0.4, -0.2) is 23.5 Å². The van der Waals surface area contributed by atoms with Crippen molar-refractivity contribution in [3.8, 4) is 0 Å². The molecule has 2 N–H and O–H groups in total. The Morgan fingerprint density at radius 3 is 2.63 bits per heavy atom. The van der Waals surface area contributed by atoms with E-state index in [0.717, 1.165) is 6.07 Å². The summed E-state index contributed by atoms with van der Waals surface area (Å²) in [4.78, 5) is 15.0. The van der Waals surface area contributed by atoms with Crippen molar-refractivity contribution in [3.05, 3.63) is 22.8 Å². The number of aromatic nitrogens is 1. The topological polar surface area (TPSA) is 54.0 Å². The van der Waals surface area contributed by atoms with Gasteiger partial charge in [0, 0.05) is 12.7 Å². The lowest BCUT2D eigenvalue weighted by Crippen LogP contribution is -2.37. The Kier molecular flexibility index (Phi) is 4.99. The van der Waals surface area contributed by atoms with E-state index in [4.69, 9.17) is 11.6 Å². The summed E-state index contributed by atoms with van der Waals surface area (Å²) in [5.74, 6) is -0.256. The number of rotatable bonds is 4. The molecular formula is C11H13ClF3N3O. The first-order chi connectivity index (χ1) is 8.75. The fraction of sp³-hybridized carbons (Fsp3) is 0.455. The van der Waals surface area contributed by atoms with Crippen LogP contribution in [0.3, 0.4) is 0 Å². The number of hydrogen-bond acceptors (Lipinski definition) is 3. The van der Waals surface area contributed by atoms with Gasteiger partial charge in [-0.05, 0) is 19.9 Å². The molecule has 106 valence electrons. The van der Waals surface area contributed by atoms with Gasteiger partial charge in [-0.25, -0.2) is 4.98 Å². The molecule has 0 spiro atoms. The van der Waals surface area contributed by atoms with Crippen molar-refractivity contribution >= 4 is 23.3 Å². The third kappa shape index (κ3) is 4.27. The highest BCUT2D eigenvalue weighted by Crippen LogP contribution is 2.32. The zero-order chi connectivity index (χ0) is 14.6. The van der Waals surface area contributed by atoms with Crippen LogP contribution in [0.5, 0.6) is 0 Å². The molecule has 0 aromatic carbocycles. The fourth-order valence-corrected chi connectivity index (χ4v) is 1.52. The van der Waals surface area contributed by atoms with Crippen LogP contribution in [0.25, 0.3) is 0 Å². The van der Waals surface area contributed by atoms with E-state index >= 15 is 0 Å². The van der Waals surface area contributed by atoms with E-state index in [1.807, 2.05) is 0 Å². The number of carbonyl (C=O) groups excluding carboxylic acids is 1. The third-order valence-corrected chi connectivity index (χ3v) is 2.55. The molecule has 0 saturated heterocycles. The van der Waals surface area contributed by atoms with Crippen molar-refractivity contribution in [1.82, 2.24) is 10.3 Å². The van der Waals surface area contributed by atoms with Crippen molar-refractivity contribution in [3.63, 3.8) is 0 Å². The lowest BCUT2D eigenvalue weighted by molar-refractivity contribution is -0.137. The normalized spacial score (nSPS) is 12.9. The molecular weight excluding hydrogens is 283 g/mol. The predicted octanol–water partition coefficient (Wildman–Crippen LogP) is 2.69. The molecule has 0 radical (unpaired) electrons. The summed E-state index contributed by atoms with van der Waals surface area (Å²) < 4.78 is 37.2. The van der Waals surface area contributed by atoms with Crippen molar-refractivity contribution in [2.45, 2.75) is 26.1 Å². The molecule has 1 aromatic rings. The third-order valence-electron chi connectivity index (χ3n) is 2.27. The second-order valence-electron chi connectivity index (χ2n) is 3.81. The molecule has 0 bridgehead atoms. The Labute approximate surface area is 113 Å². The second kappa shape index (κ2) is 6.10. The number of nitrogens with zero attached hydrogens (tertiary/aromatic N) is 1. The molecule has 0 unspecified atom stereocenters. The van der Waals surface area contributed by atoms with Crippen LogP contribution in [0.2, 0.25) is 5.02 Å². The summed E-state index contributed by atoms with van der Waals surface area (Å²) in [5, 5.41) is 5.03. The molecule has 1 amide bonds. The van der Waals surface area contributed by atoms with Gasteiger partial charge in [0.1, 0.15) is 11.9 Å². The zero-order valence-electron chi connectivity index (χ0n) is 10.3. The Morgan fingerprint density at radius 2 is 2.16 bits per heavy atom. The molecule has 1 atom stereocenters. The van der Waals surface area contributed by atoms with E-state index in [1.54, 1.807) is 13.8 Å². The van der Waals surface area contributed by atoms with E-state index in [9.17, 15) is 18.0 Å². The van der Waals surface area contributed by atoms with Gasteiger partial charge >= 0.3 is 6.18 Å². The summed E-state index contributed by atoms with van der Waals surface area (Å²) in [7, 11) is 0. The van der Waals surface area contributed by atoms with Crippen LogP contribution in [0.4, 0.5) is 19.0 Å². The smallest absolute Gasteiger partial charge is 0.357 e. The highest BCUT2D eigenvalue weighted by molar-refractivity contribution is 6.33. The van der Waals surface area contributed by atoms with Crippen molar-refractivity contribution in [2.75, 3.05) is 11.9 Å². The number of hydrogen-bond donors (Lipinski definition) is 2. The van der Waals surface area contributed by atoms with Crippen LogP contribution < -0.4 is 10.6 Å². The molecule has 19 heavy (non-hydrogen) atoms. The van der Waals surface area contributed by atoms with E-state index in [2.05, 4.69) is 15.6 Å². The van der Waals surface area contributed by atoms with Crippen LogP contribution in [0.15, 0.2) is 12.3 Å². The van der Waals surface area contributed by atoms with Gasteiger partial charge in [0.2, 0.25) is 5.91 Å². The van der Waals surface area contributed by atoms with Crippen molar-refractivity contribution < 1.29 is 18.0 Å². The molecule has 1 heterocycles. The van der Waals surface area contributed by atoms with Crippen LogP contribution >= 0.6 is 11.6 Å². The number of nitrogens with one attached hydrogen (secondary N) is 2. The average molecular weight is 296 g/mol. The summed E-state index contributed by atoms with van der Waals surface area (Å²) >= 11 is 5.70. The zero-order valence-corrected chi connectivity index (χ0v) is 11.1. The number of anilines is 1. The molecule has 0 fully saturated rings. The maximum absolute atomic E-state index is 12.4. The van der Waals surface area contributed by atoms with Crippen LogP contribution in [0.1, 0.15) is 19.4 Å². The molecule has 0 aliphatic heterocycles. The largest absolute Gasteiger partial charge is 0.417 e. The van der Waals surface area contributed by atoms with E-state index in [1.165, 1.54) is 0 Å². The average Bonchev–Trinajstić information content (AvgIpc) is 2.30. The number of halogens is 4. The highest BCUT2D eigenvalue weighted by Gasteiger charge is 2.31. The van der Waals surface area contributed by atoms with Gasteiger partial charge in [-0.1, -0.05) is 11.6 Å². The van der Waals surface area contributed by atoms with Gasteiger partial charge in [0.05, 0.1) is 10.6 Å². The second-order valence-corrected chi connectivity index (χ2v) is 4.22. The van der Waals surface area contributed by atoms with Crippen molar-refractivity contribution in [1.29, 1.82) is 0 Å². The minimum atomic E-state index is -4.50. The maximum Gasteiger partial charge on any atom is 0.417 e. The Morgan fingerprint density at radius 1 is 1.53 bits per heavy atom. The Bertz CT molecular complexity index is 465. The molecule has 0 aliphatic carbocycles. The number of pyridine rings is 1. The molecule has 0 aliphatic rings. The minimum Gasteiger partial charge on any atom is -0.357 e. The number of carbonyl (C=O) groups is 1. The molecule has 1 aromatic heterocycles. The van der Waals surface area contributed by atoms with E-state index in [-0.39, 0.29) is 16.7 Å². The maximum atomic E-state index is 12.4. The van der Waals surface area contributed by atoms with E-state index < -0.39 is 17.8 Å². The fourth-order valence-electron chi connectivity index (χ4n) is 1.30. The standard InChI is InChI=1S/C11H13ClF3N3O/c1-3-16-10(19)6(2)18-9-8(12)4-7(5-17-9)11(13,14)15/h4-6H,3H2,1-2H3,(H,16,19)(H,17,18)/t6-/m1/s1. The summed E-state index contributed by atoms with van der Waals surface area (Å²) in [6.45, 7) is 3.77. The number of alkyl halides is 3. The van der Waals surface area contributed by atoms with Gasteiger partial charge in [-0.3, -0.25) is 4.79 Å². The Hall–Kier alpha value is -1.50. The minimum absolute atomic E-state index is 0.0356. The molecule has 4 nitrogen and oxygen atoms in total. The molecule has 8 heteroatoms. The first-order valence-corrected chi connectivity index (χ1v) is 5.90. The first kappa shape index (κ1) is 15.6. The van der Waals surface area contributed by atoms with Gasteiger partial charge < -0.3 is 10.6 Å². The molecule has 1 rings (SSSR count). The monoisotopic (exact) mass is 295 g/mol. The number of likely N-dealkylation sites (N-methyl/N-ethyl adjacent to an activating group) is 1. The molecule has 0 saturated carbocycles. The lowest BCUT2D eigenvalue weighted by Gasteiger charge is -2.15. The summed E-state index contributed by atoms with van der Waals surface area (Å²) in [5.41, 5.74) is -0.936. The van der Waals surface area contributed by atoms with Gasteiger partial charge in [-0.15, -0.1) is 0 Å². The van der Waals surface area contributed by atoms with E-state index in [0.29, 0.717) is 12.7 Å². The van der Waals surface area contributed by atoms with Gasteiger partial charge in [-0.2, -0.15) is 13.2 Å². The summed E-state index contributed by atoms with van der Waals surface area (Å²) in [6.07, 6.45) is -3.83. The van der Waals surface area contributed by atoms with Crippen molar-refractivity contribution in [2.24, 2.45) is 0 Å². The van der Waals surface area contributed by atoms with Gasteiger partial charge in [0.25, 0.3) is 0 Å².